The van der Waals surface area contributed by atoms with Crippen molar-refractivity contribution in [2.75, 3.05) is 13.2 Å². The fourth-order valence-electron chi connectivity index (χ4n) is 6.13. The molecule has 0 bridgehead atoms. The predicted molar refractivity (Wildman–Crippen MR) is 181 cm³/mol. The molecule has 0 aromatic heterocycles. The lowest BCUT2D eigenvalue weighted by Gasteiger charge is -2.44. The highest BCUT2D eigenvalue weighted by Crippen LogP contribution is 2.42. The van der Waals surface area contributed by atoms with Gasteiger partial charge in [0.2, 0.25) is 5.91 Å². The number of rotatable bonds is 30. The first-order valence-electron chi connectivity index (χ1n) is 18.5. The van der Waals surface area contributed by atoms with Gasteiger partial charge in [0, 0.05) is 6.61 Å². The maximum atomic E-state index is 12.9. The van der Waals surface area contributed by atoms with E-state index in [9.17, 15) is 39.6 Å². The van der Waals surface area contributed by atoms with Gasteiger partial charge in [-0.3, -0.25) is 9.32 Å². The van der Waals surface area contributed by atoms with Gasteiger partial charge in [-0.15, -0.1) is 0 Å². The van der Waals surface area contributed by atoms with Gasteiger partial charge in [0.15, 0.2) is 6.29 Å². The minimum Gasteiger partial charge on any atom is -0.394 e. The van der Waals surface area contributed by atoms with Gasteiger partial charge < -0.3 is 45.0 Å². The number of phosphoric acid groups is 1. The van der Waals surface area contributed by atoms with Crippen LogP contribution < -0.4 is 5.32 Å². The molecule has 1 fully saturated rings. The summed E-state index contributed by atoms with van der Waals surface area (Å²) in [6.07, 6.45) is 14.2. The van der Waals surface area contributed by atoms with Crippen molar-refractivity contribution in [2.24, 2.45) is 0 Å². The molecule has 12 nitrogen and oxygen atoms in total. The molecule has 0 saturated carbocycles. The SMILES string of the molecule is CCCCCCCCCCCC(O)CCO[C@H]1[C@H](OP(=O)(O)O)[C@@H](CO)OC(O)[C@@H]1NC(=O)C[C@H](O)CCCCCCCCCCC. The van der Waals surface area contributed by atoms with E-state index >= 15 is 0 Å². The average molecular weight is 698 g/mol. The number of unbranched alkanes of at least 4 members (excludes halogenated alkanes) is 16. The minimum absolute atomic E-state index is 0.0528. The van der Waals surface area contributed by atoms with Crippen molar-refractivity contribution in [3.8, 4) is 0 Å². The number of carbonyl (C=O) groups is 1. The summed E-state index contributed by atoms with van der Waals surface area (Å²) >= 11 is 0. The van der Waals surface area contributed by atoms with Crippen molar-refractivity contribution < 1.29 is 53.6 Å². The van der Waals surface area contributed by atoms with Crippen LogP contribution in [0.4, 0.5) is 0 Å². The van der Waals surface area contributed by atoms with E-state index in [0.29, 0.717) is 12.8 Å². The molecule has 280 valence electrons. The highest BCUT2D eigenvalue weighted by atomic mass is 31.2. The van der Waals surface area contributed by atoms with Crippen LogP contribution in [0.5, 0.6) is 0 Å². The summed E-state index contributed by atoms with van der Waals surface area (Å²) < 4.78 is 28.0. The molecule has 0 spiro atoms. The lowest BCUT2D eigenvalue weighted by molar-refractivity contribution is -0.259. The molecule has 2 unspecified atom stereocenters. The van der Waals surface area contributed by atoms with Crippen molar-refractivity contribution in [3.63, 3.8) is 0 Å². The molecule has 1 amide bonds. The second-order valence-electron chi connectivity index (χ2n) is 13.3. The van der Waals surface area contributed by atoms with Crippen molar-refractivity contribution in [2.45, 2.75) is 198 Å². The highest BCUT2D eigenvalue weighted by Gasteiger charge is 2.49. The van der Waals surface area contributed by atoms with E-state index in [1.807, 2.05) is 0 Å². The molecular weight excluding hydrogens is 629 g/mol. The summed E-state index contributed by atoms with van der Waals surface area (Å²) in [6.45, 7) is 3.61. The minimum atomic E-state index is -5.09. The smallest absolute Gasteiger partial charge is 0.394 e. The standard InChI is InChI=1S/C34H68NO11P/c1-3-5-7-9-11-13-15-17-19-21-27(37)23-24-44-33-31(34(40)45-29(26-36)32(33)46-47(41,42)43)35-30(39)25-28(38)22-20-18-16-14-12-10-8-6-4-2/h27-29,31-34,36-38,40H,3-26H2,1-2H3,(H,35,39)(H2,41,42,43)/t27?,28-,29-,31-,32-,33-,34?/m1/s1. The van der Waals surface area contributed by atoms with E-state index in [4.69, 9.17) is 14.0 Å². The van der Waals surface area contributed by atoms with Crippen LogP contribution in [0.1, 0.15) is 155 Å². The number of hydrogen-bond donors (Lipinski definition) is 7. The van der Waals surface area contributed by atoms with Crippen molar-refractivity contribution in [3.05, 3.63) is 0 Å². The van der Waals surface area contributed by atoms with Gasteiger partial charge in [0.05, 0.1) is 25.2 Å². The molecule has 1 rings (SSSR count). The van der Waals surface area contributed by atoms with Crippen molar-refractivity contribution in [1.82, 2.24) is 5.32 Å². The Labute approximate surface area is 283 Å². The third-order valence-electron chi connectivity index (χ3n) is 8.90. The number of aliphatic hydroxyl groups excluding tert-OH is 4. The first kappa shape index (κ1) is 44.4. The zero-order valence-corrected chi connectivity index (χ0v) is 30.1. The first-order chi connectivity index (χ1) is 22.5. The number of amides is 1. The third kappa shape index (κ3) is 21.9. The highest BCUT2D eigenvalue weighted by molar-refractivity contribution is 7.46. The fourth-order valence-corrected chi connectivity index (χ4v) is 6.70. The fraction of sp³-hybridized carbons (Fsp3) is 0.971. The summed E-state index contributed by atoms with van der Waals surface area (Å²) in [6, 6.07) is -1.31. The largest absolute Gasteiger partial charge is 0.470 e. The van der Waals surface area contributed by atoms with Gasteiger partial charge in [-0.25, -0.2) is 4.57 Å². The molecule has 0 radical (unpaired) electrons. The van der Waals surface area contributed by atoms with Crippen molar-refractivity contribution >= 4 is 13.7 Å². The third-order valence-corrected chi connectivity index (χ3v) is 9.41. The second kappa shape index (κ2) is 27.1. The Bertz CT molecular complexity index is 817. The molecule has 0 aliphatic carbocycles. The van der Waals surface area contributed by atoms with Gasteiger partial charge in [0.1, 0.15) is 24.4 Å². The van der Waals surface area contributed by atoms with Gasteiger partial charge in [-0.2, -0.15) is 0 Å². The molecule has 7 N–H and O–H groups in total. The zero-order chi connectivity index (χ0) is 34.9. The Balaban J connectivity index is 2.61. The molecule has 7 atom stereocenters. The molecule has 13 heteroatoms. The molecule has 1 saturated heterocycles. The first-order valence-corrected chi connectivity index (χ1v) is 20.0. The molecule has 0 aromatic rings. The average Bonchev–Trinajstić information content (AvgIpc) is 3.01. The van der Waals surface area contributed by atoms with E-state index in [1.54, 1.807) is 0 Å². The van der Waals surface area contributed by atoms with Crippen molar-refractivity contribution in [1.29, 1.82) is 0 Å². The van der Waals surface area contributed by atoms with Crippen LogP contribution in [0.15, 0.2) is 0 Å². The van der Waals surface area contributed by atoms with Crippen LogP contribution in [0.3, 0.4) is 0 Å². The van der Waals surface area contributed by atoms with Gasteiger partial charge in [-0.1, -0.05) is 129 Å². The van der Waals surface area contributed by atoms with Gasteiger partial charge in [-0.05, 0) is 19.3 Å². The number of phosphoric ester groups is 1. The van der Waals surface area contributed by atoms with E-state index in [1.165, 1.54) is 70.6 Å². The Kier molecular flexibility index (Phi) is 25.6. The lowest BCUT2D eigenvalue weighted by Crippen LogP contribution is -2.65. The van der Waals surface area contributed by atoms with E-state index in [-0.39, 0.29) is 19.4 Å². The predicted octanol–water partition coefficient (Wildman–Crippen LogP) is 5.39. The normalized spacial score (nSPS) is 23.1. The Hall–Kier alpha value is -0.660. The molecule has 0 aromatic carbocycles. The summed E-state index contributed by atoms with van der Waals surface area (Å²) in [5.41, 5.74) is 0. The lowest BCUT2D eigenvalue weighted by atomic mass is 9.96. The Morgan fingerprint density at radius 3 is 1.68 bits per heavy atom. The summed E-state index contributed by atoms with van der Waals surface area (Å²) in [5.74, 6) is -0.600. The topological polar surface area (TPSA) is 195 Å². The Morgan fingerprint density at radius 1 is 0.745 bits per heavy atom. The van der Waals surface area contributed by atoms with Crippen LogP contribution >= 0.6 is 7.82 Å². The number of carbonyl (C=O) groups excluding carboxylic acids is 1. The van der Waals surface area contributed by atoms with Gasteiger partial charge >= 0.3 is 7.82 Å². The summed E-state index contributed by atoms with van der Waals surface area (Å²) in [5, 5.41) is 44.0. The van der Waals surface area contributed by atoms with Crippen LogP contribution in [0, 0.1) is 0 Å². The van der Waals surface area contributed by atoms with Gasteiger partial charge in [0.25, 0.3) is 0 Å². The number of nitrogens with one attached hydrogen (secondary N) is 1. The van der Waals surface area contributed by atoms with E-state index in [2.05, 4.69) is 19.2 Å². The number of ether oxygens (including phenoxy) is 2. The summed E-state index contributed by atoms with van der Waals surface area (Å²) in [7, 11) is -5.09. The molecular formula is C34H68NO11P. The van der Waals surface area contributed by atoms with Crippen LogP contribution in [-0.4, -0.2) is 92.2 Å². The molecule has 1 heterocycles. The molecule has 47 heavy (non-hydrogen) atoms. The monoisotopic (exact) mass is 697 g/mol. The zero-order valence-electron chi connectivity index (χ0n) is 29.2. The van der Waals surface area contributed by atoms with Crippen LogP contribution in [0.25, 0.3) is 0 Å². The van der Waals surface area contributed by atoms with Crippen LogP contribution in [0.2, 0.25) is 0 Å². The molecule has 1 aliphatic heterocycles. The maximum Gasteiger partial charge on any atom is 0.470 e. The van der Waals surface area contributed by atoms with E-state index in [0.717, 1.165) is 44.9 Å². The molecule has 1 aliphatic rings. The quantitative estimate of drug-likeness (QED) is 0.0376. The van der Waals surface area contributed by atoms with Crippen LogP contribution in [-0.2, 0) is 23.4 Å². The Morgan fingerprint density at radius 2 is 1.21 bits per heavy atom. The maximum absolute atomic E-state index is 12.9. The number of aliphatic hydroxyl groups is 4. The number of hydrogen-bond acceptors (Lipinski definition) is 9. The second-order valence-corrected chi connectivity index (χ2v) is 14.5. The van der Waals surface area contributed by atoms with E-state index < -0.39 is 63.2 Å². The summed E-state index contributed by atoms with van der Waals surface area (Å²) in [4.78, 5) is 32.0.